The summed E-state index contributed by atoms with van der Waals surface area (Å²) in [5.41, 5.74) is 0. The highest BCUT2D eigenvalue weighted by atomic mass is 16.6. The second-order valence-electron chi connectivity index (χ2n) is 12.3. The first-order valence-electron chi connectivity index (χ1n) is 18.7. The zero-order valence-corrected chi connectivity index (χ0v) is 29.4. The largest absolute Gasteiger partial charge is 0.462 e. The normalized spacial score (nSPS) is 12.7. The van der Waals surface area contributed by atoms with Crippen LogP contribution < -0.4 is 0 Å². The molecule has 0 rings (SSSR count). The minimum atomic E-state index is -0.784. The maximum atomic E-state index is 12.1. The van der Waals surface area contributed by atoms with Gasteiger partial charge < -0.3 is 14.6 Å². The lowest BCUT2D eigenvalue weighted by atomic mass is 10.1. The van der Waals surface area contributed by atoms with Crippen LogP contribution in [-0.4, -0.2) is 36.4 Å². The zero-order chi connectivity index (χ0) is 32.9. The molecule has 0 saturated heterocycles. The van der Waals surface area contributed by atoms with Gasteiger partial charge in [-0.1, -0.05) is 133 Å². The molecule has 0 saturated carbocycles. The molecule has 0 aromatic rings. The Bertz CT molecular complexity index is 767. The average molecular weight is 631 g/mol. The molecule has 1 N–H and O–H groups in total. The van der Waals surface area contributed by atoms with Gasteiger partial charge in [-0.2, -0.15) is 0 Å². The summed E-state index contributed by atoms with van der Waals surface area (Å²) in [5.74, 6) is -0.629. The number of hydrogen-bond donors (Lipinski definition) is 1. The summed E-state index contributed by atoms with van der Waals surface area (Å²) < 4.78 is 10.6. The molecule has 0 aliphatic rings. The van der Waals surface area contributed by atoms with Crippen LogP contribution in [0.25, 0.3) is 0 Å². The van der Waals surface area contributed by atoms with Crippen LogP contribution in [-0.2, 0) is 19.1 Å². The molecule has 0 fully saturated rings. The number of hydrogen-bond acceptors (Lipinski definition) is 5. The van der Waals surface area contributed by atoms with Crippen LogP contribution in [0.5, 0.6) is 0 Å². The van der Waals surface area contributed by atoms with Crippen molar-refractivity contribution >= 4 is 11.9 Å². The van der Waals surface area contributed by atoms with E-state index in [1.54, 1.807) is 0 Å². The lowest BCUT2D eigenvalue weighted by Gasteiger charge is -2.15. The van der Waals surface area contributed by atoms with E-state index in [-0.39, 0.29) is 25.2 Å². The first-order chi connectivity index (χ1) is 22.1. The lowest BCUT2D eigenvalue weighted by molar-refractivity contribution is -0.161. The molecular weight excluding hydrogens is 560 g/mol. The van der Waals surface area contributed by atoms with Crippen molar-refractivity contribution in [2.24, 2.45) is 0 Å². The molecular formula is C40H70O5. The van der Waals surface area contributed by atoms with Crippen molar-refractivity contribution in [3.8, 4) is 0 Å². The maximum Gasteiger partial charge on any atom is 0.306 e. The Morgan fingerprint density at radius 3 is 1.40 bits per heavy atom. The Morgan fingerprint density at radius 1 is 0.511 bits per heavy atom. The van der Waals surface area contributed by atoms with Crippen LogP contribution in [0.4, 0.5) is 0 Å². The molecule has 0 aliphatic carbocycles. The van der Waals surface area contributed by atoms with Crippen LogP contribution in [0.15, 0.2) is 48.6 Å². The van der Waals surface area contributed by atoms with Gasteiger partial charge in [-0.3, -0.25) is 9.59 Å². The summed E-state index contributed by atoms with van der Waals surface area (Å²) in [6, 6.07) is 0. The zero-order valence-electron chi connectivity index (χ0n) is 29.4. The highest BCUT2D eigenvalue weighted by Gasteiger charge is 2.16. The number of aliphatic hydroxyl groups excluding tert-OH is 1. The molecule has 1 atom stereocenters. The third-order valence-corrected chi connectivity index (χ3v) is 7.85. The van der Waals surface area contributed by atoms with Crippen LogP contribution >= 0.6 is 0 Å². The summed E-state index contributed by atoms with van der Waals surface area (Å²) in [5, 5.41) is 9.53. The number of rotatable bonds is 33. The van der Waals surface area contributed by atoms with Gasteiger partial charge in [0.1, 0.15) is 6.61 Å². The van der Waals surface area contributed by atoms with Gasteiger partial charge >= 0.3 is 11.9 Å². The van der Waals surface area contributed by atoms with Crippen molar-refractivity contribution in [1.29, 1.82) is 0 Å². The molecule has 0 aliphatic heterocycles. The van der Waals surface area contributed by atoms with Crippen molar-refractivity contribution in [2.75, 3.05) is 13.2 Å². The Balaban J connectivity index is 3.64. The quantitative estimate of drug-likeness (QED) is 0.0444. The number of unbranched alkanes of at least 4 members (excludes halogenated alkanes) is 17. The maximum absolute atomic E-state index is 12.1. The second kappa shape index (κ2) is 36.3. The average Bonchev–Trinajstić information content (AvgIpc) is 3.04. The molecule has 0 aromatic carbocycles. The molecule has 45 heavy (non-hydrogen) atoms. The molecule has 0 spiro atoms. The minimum absolute atomic E-state index is 0.0815. The van der Waals surface area contributed by atoms with Gasteiger partial charge in [0.25, 0.3) is 0 Å². The van der Waals surface area contributed by atoms with Gasteiger partial charge in [0.15, 0.2) is 6.10 Å². The molecule has 0 bridgehead atoms. The molecule has 0 unspecified atom stereocenters. The molecule has 5 nitrogen and oxygen atoms in total. The first-order valence-corrected chi connectivity index (χ1v) is 18.7. The van der Waals surface area contributed by atoms with E-state index in [1.807, 2.05) is 0 Å². The fourth-order valence-corrected chi connectivity index (χ4v) is 4.97. The standard InChI is InChI=1S/C40H70O5/c1-3-5-7-9-11-13-15-17-19-20-21-23-24-26-28-30-32-34-39(42)44-37-38(36-41)45-40(43)35-33-31-29-27-25-22-18-16-14-12-10-8-6-4-2/h11,13,16-19,21,23,38,41H,3-10,12,14-15,20,22,24-37H2,1-2H3/b13-11+,18-16+,19-17+,23-21+/t38-/m0/s1. The number of aliphatic hydroxyl groups is 1. The summed E-state index contributed by atoms with van der Waals surface area (Å²) in [6.07, 6.45) is 44.5. The predicted molar refractivity (Wildman–Crippen MR) is 191 cm³/mol. The summed E-state index contributed by atoms with van der Waals surface area (Å²) >= 11 is 0. The van der Waals surface area contributed by atoms with Gasteiger partial charge in [-0.25, -0.2) is 0 Å². The minimum Gasteiger partial charge on any atom is -0.462 e. The molecule has 0 amide bonds. The van der Waals surface area contributed by atoms with Crippen molar-refractivity contribution in [1.82, 2.24) is 0 Å². The fourth-order valence-electron chi connectivity index (χ4n) is 4.97. The number of carbonyl (C=O) groups excluding carboxylic acids is 2. The van der Waals surface area contributed by atoms with Crippen LogP contribution in [0.2, 0.25) is 0 Å². The highest BCUT2D eigenvalue weighted by Crippen LogP contribution is 2.11. The van der Waals surface area contributed by atoms with E-state index in [9.17, 15) is 14.7 Å². The summed E-state index contributed by atoms with van der Waals surface area (Å²) in [4.78, 5) is 24.2. The smallest absolute Gasteiger partial charge is 0.306 e. The van der Waals surface area contributed by atoms with E-state index < -0.39 is 6.10 Å². The van der Waals surface area contributed by atoms with E-state index in [4.69, 9.17) is 9.47 Å². The second-order valence-corrected chi connectivity index (χ2v) is 12.3. The fraction of sp³-hybridized carbons (Fsp3) is 0.750. The van der Waals surface area contributed by atoms with E-state index in [2.05, 4.69) is 62.5 Å². The van der Waals surface area contributed by atoms with Crippen molar-refractivity contribution in [3.63, 3.8) is 0 Å². The van der Waals surface area contributed by atoms with E-state index in [0.717, 1.165) is 70.6 Å². The molecule has 0 aromatic heterocycles. The van der Waals surface area contributed by atoms with Gasteiger partial charge in [0.2, 0.25) is 0 Å². The lowest BCUT2D eigenvalue weighted by Crippen LogP contribution is -2.28. The van der Waals surface area contributed by atoms with Crippen molar-refractivity contribution in [2.45, 2.75) is 180 Å². The molecule has 5 heteroatoms. The highest BCUT2D eigenvalue weighted by molar-refractivity contribution is 5.70. The van der Waals surface area contributed by atoms with Crippen molar-refractivity contribution in [3.05, 3.63) is 48.6 Å². The van der Waals surface area contributed by atoms with Crippen LogP contribution in [0.3, 0.4) is 0 Å². The van der Waals surface area contributed by atoms with Gasteiger partial charge in [-0.05, 0) is 77.0 Å². The summed E-state index contributed by atoms with van der Waals surface area (Å²) in [6.45, 7) is 4.06. The Kier molecular flexibility index (Phi) is 34.6. The van der Waals surface area contributed by atoms with Gasteiger partial charge in [0, 0.05) is 12.8 Å². The number of allylic oxidation sites excluding steroid dienone is 8. The number of ether oxygens (including phenoxy) is 2. The predicted octanol–water partition coefficient (Wildman–Crippen LogP) is 11.5. The van der Waals surface area contributed by atoms with Crippen molar-refractivity contribution < 1.29 is 24.2 Å². The Labute approximate surface area is 278 Å². The molecule has 260 valence electrons. The first kappa shape index (κ1) is 42.9. The van der Waals surface area contributed by atoms with E-state index >= 15 is 0 Å². The third-order valence-electron chi connectivity index (χ3n) is 7.85. The monoisotopic (exact) mass is 631 g/mol. The third kappa shape index (κ3) is 34.6. The summed E-state index contributed by atoms with van der Waals surface area (Å²) in [7, 11) is 0. The topological polar surface area (TPSA) is 72.8 Å². The van der Waals surface area contributed by atoms with Gasteiger partial charge in [-0.15, -0.1) is 0 Å². The molecule has 0 radical (unpaired) electrons. The van der Waals surface area contributed by atoms with E-state index in [0.29, 0.717) is 12.8 Å². The van der Waals surface area contributed by atoms with Crippen LogP contribution in [0.1, 0.15) is 174 Å². The SMILES string of the molecule is CCCCC/C=C/C/C=C/C/C=C/CCCCCCC(=O)OC[C@H](CO)OC(=O)CCCCCCC/C=C/CCCCCCC. The Hall–Kier alpha value is -2.14. The number of esters is 2. The van der Waals surface area contributed by atoms with Gasteiger partial charge in [0.05, 0.1) is 6.61 Å². The Morgan fingerprint density at radius 2 is 0.889 bits per heavy atom. The molecule has 0 heterocycles. The van der Waals surface area contributed by atoms with E-state index in [1.165, 1.54) is 77.0 Å². The van der Waals surface area contributed by atoms with Crippen LogP contribution in [0, 0.1) is 0 Å². The number of carbonyl (C=O) groups is 2.